The van der Waals surface area contributed by atoms with E-state index >= 15 is 0 Å². The van der Waals surface area contributed by atoms with E-state index in [0.29, 0.717) is 12.1 Å². The third-order valence-electron chi connectivity index (χ3n) is 4.91. The van der Waals surface area contributed by atoms with Crippen LogP contribution in [0.4, 0.5) is 10.4 Å². The smallest absolute Gasteiger partial charge is 0.298 e. The van der Waals surface area contributed by atoms with E-state index < -0.39 is 0 Å². The second-order valence-electron chi connectivity index (χ2n) is 6.85. The Hall–Kier alpha value is -2.44. The summed E-state index contributed by atoms with van der Waals surface area (Å²) in [6.45, 7) is 0.881. The number of nitrogens with one attached hydrogen (secondary N) is 2. The summed E-state index contributed by atoms with van der Waals surface area (Å²) in [7, 11) is 2.01. The Bertz CT molecular complexity index is 831. The quantitative estimate of drug-likeness (QED) is 0.705. The van der Waals surface area contributed by atoms with Gasteiger partial charge in [-0.25, -0.2) is 4.39 Å². The largest absolute Gasteiger partial charge is 0.423 e. The molecule has 1 saturated heterocycles. The molecule has 6 heteroatoms. The van der Waals surface area contributed by atoms with Crippen LogP contribution in [0.3, 0.4) is 0 Å². The zero-order valence-electron chi connectivity index (χ0n) is 14.8. The number of benzene rings is 2. The molecule has 4 rings (SSSR count). The van der Waals surface area contributed by atoms with Gasteiger partial charge in [0.15, 0.2) is 5.58 Å². The minimum Gasteiger partial charge on any atom is -0.423 e. The average Bonchev–Trinajstić information content (AvgIpc) is 3.29. The van der Waals surface area contributed by atoms with Crippen LogP contribution in [0, 0.1) is 5.82 Å². The van der Waals surface area contributed by atoms with Crippen LogP contribution in [0.1, 0.15) is 30.9 Å². The van der Waals surface area contributed by atoms with Crippen molar-refractivity contribution in [3.8, 4) is 0 Å². The fourth-order valence-corrected chi connectivity index (χ4v) is 3.42. The number of aromatic nitrogens is 1. The van der Waals surface area contributed by atoms with Crippen molar-refractivity contribution in [1.82, 2.24) is 15.8 Å². The van der Waals surface area contributed by atoms with Gasteiger partial charge in [0.25, 0.3) is 6.01 Å². The normalized spacial score (nSPS) is 19.9. The molecule has 0 aliphatic carbocycles. The van der Waals surface area contributed by atoms with E-state index in [1.165, 1.54) is 12.1 Å². The number of fused-ring (bicyclic) bond motifs is 1. The molecule has 5 nitrogen and oxygen atoms in total. The summed E-state index contributed by atoms with van der Waals surface area (Å²) in [4.78, 5) is 6.58. The third-order valence-corrected chi connectivity index (χ3v) is 4.91. The SMILES string of the molecule is CN(CCCC1CC(c2ccc(F)cc2)NN1)c1nc2ccccc2o1. The average molecular weight is 354 g/mol. The highest BCUT2D eigenvalue weighted by molar-refractivity contribution is 5.74. The van der Waals surface area contributed by atoms with E-state index in [1.54, 1.807) is 0 Å². The molecule has 3 aromatic rings. The second-order valence-corrected chi connectivity index (χ2v) is 6.85. The molecule has 1 aromatic heterocycles. The molecule has 0 spiro atoms. The topological polar surface area (TPSA) is 53.3 Å². The Labute approximate surface area is 152 Å². The summed E-state index contributed by atoms with van der Waals surface area (Å²) in [5.41, 5.74) is 9.49. The lowest BCUT2D eigenvalue weighted by Crippen LogP contribution is -2.31. The molecular formula is C20H23FN4O. The minimum atomic E-state index is -0.196. The van der Waals surface area contributed by atoms with E-state index in [1.807, 2.05) is 43.4 Å². The van der Waals surface area contributed by atoms with E-state index in [4.69, 9.17) is 4.42 Å². The highest BCUT2D eigenvalue weighted by atomic mass is 19.1. The molecule has 0 radical (unpaired) electrons. The van der Waals surface area contributed by atoms with Gasteiger partial charge >= 0.3 is 0 Å². The van der Waals surface area contributed by atoms with Crippen molar-refractivity contribution in [3.05, 3.63) is 59.9 Å². The van der Waals surface area contributed by atoms with Gasteiger partial charge in [0.2, 0.25) is 0 Å². The Balaban J connectivity index is 1.26. The number of hydrogen-bond acceptors (Lipinski definition) is 5. The molecule has 1 aliphatic rings. The summed E-state index contributed by atoms with van der Waals surface area (Å²) < 4.78 is 18.8. The van der Waals surface area contributed by atoms with Crippen LogP contribution in [-0.4, -0.2) is 24.6 Å². The number of para-hydroxylation sites is 2. The van der Waals surface area contributed by atoms with Crippen LogP contribution in [0.2, 0.25) is 0 Å². The molecule has 0 saturated carbocycles. The maximum absolute atomic E-state index is 13.0. The molecule has 0 amide bonds. The van der Waals surface area contributed by atoms with Gasteiger partial charge in [-0.05, 0) is 49.1 Å². The molecule has 2 heterocycles. The molecular weight excluding hydrogens is 331 g/mol. The lowest BCUT2D eigenvalue weighted by atomic mass is 10.00. The fraction of sp³-hybridized carbons (Fsp3) is 0.350. The maximum atomic E-state index is 13.0. The van der Waals surface area contributed by atoms with Crippen molar-refractivity contribution in [2.45, 2.75) is 31.3 Å². The van der Waals surface area contributed by atoms with Crippen molar-refractivity contribution >= 4 is 17.1 Å². The lowest BCUT2D eigenvalue weighted by molar-refractivity contribution is 0.496. The van der Waals surface area contributed by atoms with Crippen molar-refractivity contribution < 1.29 is 8.81 Å². The minimum absolute atomic E-state index is 0.196. The van der Waals surface area contributed by atoms with Gasteiger partial charge in [-0.2, -0.15) is 4.98 Å². The highest BCUT2D eigenvalue weighted by Gasteiger charge is 2.24. The van der Waals surface area contributed by atoms with Crippen LogP contribution in [0.15, 0.2) is 52.9 Å². The predicted molar refractivity (Wildman–Crippen MR) is 100 cm³/mol. The van der Waals surface area contributed by atoms with E-state index in [2.05, 4.69) is 20.7 Å². The number of anilines is 1. The van der Waals surface area contributed by atoms with Crippen LogP contribution in [0.5, 0.6) is 0 Å². The van der Waals surface area contributed by atoms with Gasteiger partial charge < -0.3 is 9.32 Å². The monoisotopic (exact) mass is 354 g/mol. The number of hydrazine groups is 1. The number of nitrogens with zero attached hydrogens (tertiary/aromatic N) is 2. The molecule has 0 bridgehead atoms. The summed E-state index contributed by atoms with van der Waals surface area (Å²) in [5.74, 6) is -0.196. The fourth-order valence-electron chi connectivity index (χ4n) is 3.42. The summed E-state index contributed by atoms with van der Waals surface area (Å²) in [6.07, 6.45) is 3.08. The molecule has 2 N–H and O–H groups in total. The number of rotatable bonds is 6. The molecule has 2 aromatic carbocycles. The summed E-state index contributed by atoms with van der Waals surface area (Å²) in [5, 5.41) is 0. The first-order chi connectivity index (χ1) is 12.7. The van der Waals surface area contributed by atoms with Crippen molar-refractivity contribution in [2.75, 3.05) is 18.5 Å². The first-order valence-corrected chi connectivity index (χ1v) is 9.02. The second kappa shape index (κ2) is 7.43. The van der Waals surface area contributed by atoms with Crippen molar-refractivity contribution in [2.24, 2.45) is 0 Å². The Kier molecular flexibility index (Phi) is 4.86. The zero-order valence-corrected chi connectivity index (χ0v) is 14.8. The highest BCUT2D eigenvalue weighted by Crippen LogP contribution is 2.25. The third kappa shape index (κ3) is 3.71. The predicted octanol–water partition coefficient (Wildman–Crippen LogP) is 3.79. The number of hydrogen-bond donors (Lipinski definition) is 2. The Morgan fingerprint density at radius 3 is 2.77 bits per heavy atom. The van der Waals surface area contributed by atoms with Gasteiger partial charge in [-0.1, -0.05) is 24.3 Å². The van der Waals surface area contributed by atoms with Crippen LogP contribution < -0.4 is 15.8 Å². The van der Waals surface area contributed by atoms with Gasteiger partial charge in [-0.15, -0.1) is 0 Å². The standard InChI is InChI=1S/C20H23FN4O/c1-25(20-22-17-6-2-3-7-19(17)26-20)12-4-5-16-13-18(24-23-16)14-8-10-15(21)11-9-14/h2-3,6-11,16,18,23-24H,4-5,12-13H2,1H3. The van der Waals surface area contributed by atoms with Crippen molar-refractivity contribution in [1.29, 1.82) is 0 Å². The van der Waals surface area contributed by atoms with Gasteiger partial charge in [0.05, 0.1) is 0 Å². The zero-order chi connectivity index (χ0) is 17.9. The van der Waals surface area contributed by atoms with Crippen molar-refractivity contribution in [3.63, 3.8) is 0 Å². The Morgan fingerprint density at radius 2 is 1.96 bits per heavy atom. The molecule has 26 heavy (non-hydrogen) atoms. The van der Waals surface area contributed by atoms with Crippen LogP contribution >= 0.6 is 0 Å². The van der Waals surface area contributed by atoms with Gasteiger partial charge in [0.1, 0.15) is 11.3 Å². The first-order valence-electron chi connectivity index (χ1n) is 9.02. The first kappa shape index (κ1) is 17.0. The van der Waals surface area contributed by atoms with Crippen LogP contribution in [-0.2, 0) is 0 Å². The van der Waals surface area contributed by atoms with E-state index in [9.17, 15) is 4.39 Å². The van der Waals surface area contributed by atoms with E-state index in [0.717, 1.165) is 42.5 Å². The summed E-state index contributed by atoms with van der Waals surface area (Å²) in [6, 6.07) is 15.8. The number of oxazole rings is 1. The molecule has 1 aliphatic heterocycles. The lowest BCUT2D eigenvalue weighted by Gasteiger charge is -2.15. The Morgan fingerprint density at radius 1 is 1.15 bits per heavy atom. The van der Waals surface area contributed by atoms with E-state index in [-0.39, 0.29) is 11.9 Å². The van der Waals surface area contributed by atoms with Gasteiger partial charge in [-0.3, -0.25) is 10.9 Å². The molecule has 2 unspecified atom stereocenters. The van der Waals surface area contributed by atoms with Gasteiger partial charge in [0, 0.05) is 25.7 Å². The molecule has 136 valence electrons. The summed E-state index contributed by atoms with van der Waals surface area (Å²) >= 11 is 0. The van der Waals surface area contributed by atoms with Crippen LogP contribution in [0.25, 0.3) is 11.1 Å². The number of halogens is 1. The molecule has 1 fully saturated rings. The maximum Gasteiger partial charge on any atom is 0.298 e. The molecule has 2 atom stereocenters.